The van der Waals surface area contributed by atoms with Crippen molar-refractivity contribution in [1.82, 2.24) is 10.2 Å². The number of aromatic nitrogens is 2. The van der Waals surface area contributed by atoms with Gasteiger partial charge in [-0.25, -0.2) is 8.42 Å². The number of hydrogen-bond donors (Lipinski definition) is 1. The van der Waals surface area contributed by atoms with Crippen LogP contribution < -0.4 is 10.1 Å². The van der Waals surface area contributed by atoms with Gasteiger partial charge in [0.25, 0.3) is 11.8 Å². The zero-order chi connectivity index (χ0) is 21.6. The third-order valence-electron chi connectivity index (χ3n) is 4.28. The number of anilines is 1. The molecule has 0 unspecified atom stereocenters. The van der Waals surface area contributed by atoms with Crippen LogP contribution in [0.1, 0.15) is 36.5 Å². The van der Waals surface area contributed by atoms with Crippen molar-refractivity contribution >= 4 is 21.8 Å². The van der Waals surface area contributed by atoms with E-state index in [2.05, 4.69) is 22.4 Å². The predicted octanol–water partition coefficient (Wildman–Crippen LogP) is 3.96. The summed E-state index contributed by atoms with van der Waals surface area (Å²) in [4.78, 5) is 12.6. The number of carbonyl (C=O) groups excluding carboxylic acids is 1. The van der Waals surface area contributed by atoms with Crippen molar-refractivity contribution in [2.24, 2.45) is 0 Å². The number of ether oxygens (including phenoxy) is 1. The summed E-state index contributed by atoms with van der Waals surface area (Å²) >= 11 is 0. The Morgan fingerprint density at radius 2 is 1.90 bits per heavy atom. The Balaban J connectivity index is 1.72. The first-order valence-corrected chi connectivity index (χ1v) is 11.4. The van der Waals surface area contributed by atoms with Crippen LogP contribution in [0.25, 0.3) is 11.5 Å². The molecule has 0 spiro atoms. The summed E-state index contributed by atoms with van der Waals surface area (Å²) < 4.78 is 35.1. The van der Waals surface area contributed by atoms with Crippen LogP contribution >= 0.6 is 0 Å². The number of unbranched alkanes of at least 4 members (excludes halogenated alkanes) is 2. The number of benzene rings is 2. The first kappa shape index (κ1) is 21.5. The molecule has 0 aliphatic carbocycles. The SMILES string of the molecule is CCCCCOc1cccc(C(=O)Nc2nnc(-c3ccccc3S(C)(=O)=O)o2)c1. The van der Waals surface area contributed by atoms with Gasteiger partial charge in [-0.2, -0.15) is 0 Å². The van der Waals surface area contributed by atoms with E-state index in [0.717, 1.165) is 25.5 Å². The van der Waals surface area contributed by atoms with E-state index >= 15 is 0 Å². The fraction of sp³-hybridized carbons (Fsp3) is 0.286. The van der Waals surface area contributed by atoms with Gasteiger partial charge in [0.15, 0.2) is 9.84 Å². The van der Waals surface area contributed by atoms with Crippen molar-refractivity contribution < 1.29 is 22.4 Å². The number of amides is 1. The lowest BCUT2D eigenvalue weighted by molar-refractivity contribution is 0.102. The average molecular weight is 429 g/mol. The molecule has 1 aromatic heterocycles. The summed E-state index contributed by atoms with van der Waals surface area (Å²) in [5, 5.41) is 10.2. The van der Waals surface area contributed by atoms with Gasteiger partial charge >= 0.3 is 6.01 Å². The number of sulfone groups is 1. The summed E-state index contributed by atoms with van der Waals surface area (Å²) in [5.74, 6) is 0.159. The first-order chi connectivity index (χ1) is 14.4. The second-order valence-electron chi connectivity index (χ2n) is 6.72. The minimum absolute atomic E-state index is 0.000617. The first-order valence-electron chi connectivity index (χ1n) is 9.55. The van der Waals surface area contributed by atoms with Crippen molar-refractivity contribution in [3.05, 3.63) is 54.1 Å². The zero-order valence-electron chi connectivity index (χ0n) is 16.8. The fourth-order valence-corrected chi connectivity index (χ4v) is 3.67. The minimum Gasteiger partial charge on any atom is -0.494 e. The molecule has 1 heterocycles. The Morgan fingerprint density at radius 1 is 1.10 bits per heavy atom. The monoisotopic (exact) mass is 429 g/mol. The highest BCUT2D eigenvalue weighted by Gasteiger charge is 2.19. The van der Waals surface area contributed by atoms with Crippen LogP contribution in [0.4, 0.5) is 6.01 Å². The average Bonchev–Trinajstić information content (AvgIpc) is 3.19. The van der Waals surface area contributed by atoms with Crippen LogP contribution in [-0.2, 0) is 9.84 Å². The largest absolute Gasteiger partial charge is 0.494 e. The van der Waals surface area contributed by atoms with Crippen LogP contribution in [0.2, 0.25) is 0 Å². The van der Waals surface area contributed by atoms with Crippen molar-refractivity contribution in [2.75, 3.05) is 18.2 Å². The summed E-state index contributed by atoms with van der Waals surface area (Å²) in [6, 6.07) is 13.0. The quantitative estimate of drug-likeness (QED) is 0.512. The van der Waals surface area contributed by atoms with Crippen LogP contribution in [0.5, 0.6) is 5.75 Å². The van der Waals surface area contributed by atoms with Gasteiger partial charge in [-0.1, -0.05) is 43.1 Å². The molecule has 0 bridgehead atoms. The molecule has 3 rings (SSSR count). The lowest BCUT2D eigenvalue weighted by atomic mass is 10.2. The fourth-order valence-electron chi connectivity index (χ4n) is 2.79. The Morgan fingerprint density at radius 3 is 2.67 bits per heavy atom. The molecule has 3 aromatic rings. The maximum atomic E-state index is 12.5. The normalized spacial score (nSPS) is 11.3. The Labute approximate surface area is 175 Å². The standard InChI is InChI=1S/C21H23N3O5S/c1-3-4-7-13-28-16-10-8-9-15(14-16)19(25)22-21-24-23-20(29-21)17-11-5-6-12-18(17)30(2,26)27/h5-6,8-12,14H,3-4,7,13H2,1-2H3,(H,22,24,25). The number of nitrogens with zero attached hydrogens (tertiary/aromatic N) is 2. The van der Waals surface area contributed by atoms with E-state index in [4.69, 9.17) is 9.15 Å². The highest BCUT2D eigenvalue weighted by atomic mass is 32.2. The molecule has 1 amide bonds. The second-order valence-corrected chi connectivity index (χ2v) is 8.70. The van der Waals surface area contributed by atoms with Crippen molar-refractivity contribution in [2.45, 2.75) is 31.1 Å². The Kier molecular flexibility index (Phi) is 6.83. The van der Waals surface area contributed by atoms with Crippen LogP contribution in [0.15, 0.2) is 57.8 Å². The van der Waals surface area contributed by atoms with E-state index in [0.29, 0.717) is 17.9 Å². The maximum absolute atomic E-state index is 12.5. The van der Waals surface area contributed by atoms with Crippen molar-refractivity contribution in [3.8, 4) is 17.2 Å². The van der Waals surface area contributed by atoms with Crippen molar-refractivity contribution in [3.63, 3.8) is 0 Å². The predicted molar refractivity (Wildman–Crippen MR) is 112 cm³/mol. The molecule has 0 fully saturated rings. The zero-order valence-corrected chi connectivity index (χ0v) is 17.6. The van der Waals surface area contributed by atoms with Gasteiger partial charge in [0.2, 0.25) is 0 Å². The van der Waals surface area contributed by atoms with Gasteiger partial charge in [-0.3, -0.25) is 10.1 Å². The smallest absolute Gasteiger partial charge is 0.322 e. The number of carbonyl (C=O) groups is 1. The number of hydrogen-bond acceptors (Lipinski definition) is 7. The molecule has 8 nitrogen and oxygen atoms in total. The van der Waals surface area contributed by atoms with Gasteiger partial charge < -0.3 is 9.15 Å². The number of nitrogens with one attached hydrogen (secondary N) is 1. The number of rotatable bonds is 9. The van der Waals surface area contributed by atoms with Crippen LogP contribution in [0, 0.1) is 0 Å². The third kappa shape index (κ3) is 5.44. The van der Waals surface area contributed by atoms with E-state index in [9.17, 15) is 13.2 Å². The van der Waals surface area contributed by atoms with E-state index < -0.39 is 15.7 Å². The summed E-state index contributed by atoms with van der Waals surface area (Å²) in [6.07, 6.45) is 4.24. The molecular formula is C21H23N3O5S. The molecular weight excluding hydrogens is 406 g/mol. The van der Waals surface area contributed by atoms with E-state index in [1.54, 1.807) is 42.5 Å². The van der Waals surface area contributed by atoms with E-state index in [1.165, 1.54) is 6.07 Å². The molecule has 158 valence electrons. The van der Waals surface area contributed by atoms with Gasteiger partial charge in [0.1, 0.15) is 5.75 Å². The molecule has 0 aliphatic heterocycles. The van der Waals surface area contributed by atoms with E-state index in [-0.39, 0.29) is 22.4 Å². The van der Waals surface area contributed by atoms with Crippen LogP contribution in [-0.4, -0.2) is 37.4 Å². The third-order valence-corrected chi connectivity index (χ3v) is 5.43. The maximum Gasteiger partial charge on any atom is 0.322 e. The summed E-state index contributed by atoms with van der Waals surface area (Å²) in [7, 11) is -3.48. The molecule has 30 heavy (non-hydrogen) atoms. The van der Waals surface area contributed by atoms with E-state index in [1.807, 2.05) is 0 Å². The lowest BCUT2D eigenvalue weighted by Crippen LogP contribution is -2.12. The molecule has 0 radical (unpaired) electrons. The minimum atomic E-state index is -3.48. The highest BCUT2D eigenvalue weighted by molar-refractivity contribution is 7.90. The molecule has 2 aromatic carbocycles. The lowest BCUT2D eigenvalue weighted by Gasteiger charge is -2.07. The van der Waals surface area contributed by atoms with Crippen molar-refractivity contribution in [1.29, 1.82) is 0 Å². The summed E-state index contributed by atoms with van der Waals surface area (Å²) in [6.45, 7) is 2.71. The summed E-state index contributed by atoms with van der Waals surface area (Å²) in [5.41, 5.74) is 0.648. The molecule has 0 aliphatic rings. The molecule has 0 atom stereocenters. The molecule has 0 saturated carbocycles. The Hall–Kier alpha value is -3.20. The topological polar surface area (TPSA) is 111 Å². The Bertz CT molecular complexity index is 1120. The molecule has 9 heteroatoms. The van der Waals surface area contributed by atoms with Gasteiger partial charge in [0.05, 0.1) is 17.1 Å². The van der Waals surface area contributed by atoms with Gasteiger partial charge in [-0.05, 0) is 36.8 Å². The second kappa shape index (κ2) is 9.53. The van der Waals surface area contributed by atoms with Crippen LogP contribution in [0.3, 0.4) is 0 Å². The molecule has 0 saturated heterocycles. The van der Waals surface area contributed by atoms with Gasteiger partial charge in [-0.15, -0.1) is 5.10 Å². The van der Waals surface area contributed by atoms with Gasteiger partial charge in [0, 0.05) is 11.8 Å². The highest BCUT2D eigenvalue weighted by Crippen LogP contribution is 2.27. The molecule has 1 N–H and O–H groups in total.